The number of aliphatic carboxylic acids is 1. The van der Waals surface area contributed by atoms with Crippen LogP contribution in [0.1, 0.15) is 31.2 Å². The largest absolute Gasteiger partial charge is 0.481 e. The molecule has 154 valence electrons. The third-order valence-electron chi connectivity index (χ3n) is 5.66. The molecule has 1 aliphatic heterocycles. The molecular formula is C22H24N6O2. The van der Waals surface area contributed by atoms with Gasteiger partial charge < -0.3 is 20.3 Å². The lowest BCUT2D eigenvalue weighted by Crippen LogP contribution is -2.28. The van der Waals surface area contributed by atoms with Gasteiger partial charge in [-0.15, -0.1) is 0 Å². The topological polar surface area (TPSA) is 96.5 Å². The highest BCUT2D eigenvalue weighted by Gasteiger charge is 2.17. The second-order valence-corrected chi connectivity index (χ2v) is 7.86. The Balaban J connectivity index is 1.43. The average Bonchev–Trinajstić information content (AvgIpc) is 3.48. The molecule has 3 aromatic rings. The molecule has 0 unspecified atom stereocenters. The van der Waals surface area contributed by atoms with Gasteiger partial charge >= 0.3 is 5.97 Å². The van der Waals surface area contributed by atoms with Gasteiger partial charge in [0.15, 0.2) is 5.82 Å². The number of anilines is 1. The molecule has 30 heavy (non-hydrogen) atoms. The monoisotopic (exact) mass is 404 g/mol. The van der Waals surface area contributed by atoms with Crippen LogP contribution in [0, 0.1) is 0 Å². The summed E-state index contributed by atoms with van der Waals surface area (Å²) < 4.78 is 3.69. The van der Waals surface area contributed by atoms with Gasteiger partial charge in [0.25, 0.3) is 0 Å². The van der Waals surface area contributed by atoms with Crippen LogP contribution in [0.3, 0.4) is 0 Å². The van der Waals surface area contributed by atoms with E-state index in [1.54, 1.807) is 6.07 Å². The molecule has 0 saturated heterocycles. The van der Waals surface area contributed by atoms with Gasteiger partial charge in [0.2, 0.25) is 0 Å². The zero-order chi connectivity index (χ0) is 20.5. The number of fused-ring (bicyclic) bond motifs is 1. The van der Waals surface area contributed by atoms with Crippen LogP contribution >= 0.6 is 0 Å². The van der Waals surface area contributed by atoms with E-state index in [9.17, 15) is 4.79 Å². The predicted molar refractivity (Wildman–Crippen MR) is 116 cm³/mol. The van der Waals surface area contributed by atoms with Crippen molar-refractivity contribution in [2.75, 3.05) is 11.9 Å². The molecule has 2 aliphatic rings. The van der Waals surface area contributed by atoms with Crippen LogP contribution in [0.2, 0.25) is 0 Å². The maximum Gasteiger partial charge on any atom is 0.307 e. The first-order valence-corrected chi connectivity index (χ1v) is 10.3. The third kappa shape index (κ3) is 3.68. The number of nitrogens with one attached hydrogen (secondary N) is 2. The van der Waals surface area contributed by atoms with E-state index in [0.29, 0.717) is 18.4 Å². The molecule has 0 atom stereocenters. The van der Waals surface area contributed by atoms with Crippen molar-refractivity contribution in [3.63, 3.8) is 0 Å². The third-order valence-corrected chi connectivity index (χ3v) is 5.66. The first kappa shape index (κ1) is 18.5. The number of nitrogens with zero attached hydrogens (tertiary/aromatic N) is 4. The van der Waals surface area contributed by atoms with Crippen molar-refractivity contribution in [3.8, 4) is 0 Å². The van der Waals surface area contributed by atoms with E-state index < -0.39 is 5.97 Å². The smallest absolute Gasteiger partial charge is 0.307 e. The van der Waals surface area contributed by atoms with Crippen LogP contribution < -0.4 is 10.6 Å². The molecule has 0 spiro atoms. The molecule has 3 N–H and O–H groups in total. The Kier molecular flexibility index (Phi) is 4.74. The van der Waals surface area contributed by atoms with Crippen molar-refractivity contribution in [1.29, 1.82) is 0 Å². The van der Waals surface area contributed by atoms with E-state index in [4.69, 9.17) is 10.1 Å². The van der Waals surface area contributed by atoms with Gasteiger partial charge in [-0.1, -0.05) is 12.8 Å². The molecule has 0 radical (unpaired) electrons. The lowest BCUT2D eigenvalue weighted by molar-refractivity contribution is -0.136. The minimum atomic E-state index is -0.845. The van der Waals surface area contributed by atoms with Crippen molar-refractivity contribution in [1.82, 2.24) is 19.7 Å². The van der Waals surface area contributed by atoms with Crippen LogP contribution in [-0.4, -0.2) is 43.8 Å². The van der Waals surface area contributed by atoms with Crippen LogP contribution in [0.25, 0.3) is 16.7 Å². The molecule has 2 aromatic heterocycles. The predicted octanol–water partition coefficient (Wildman–Crippen LogP) is 3.13. The summed E-state index contributed by atoms with van der Waals surface area (Å²) in [6, 6.07) is 8.68. The van der Waals surface area contributed by atoms with E-state index in [-0.39, 0.29) is 6.42 Å². The Labute approximate surface area is 173 Å². The molecular weight excluding hydrogens is 380 g/mol. The fourth-order valence-corrected chi connectivity index (χ4v) is 4.17. The number of aromatic nitrogens is 3. The molecule has 1 aromatic carbocycles. The second-order valence-electron chi connectivity index (χ2n) is 7.86. The van der Waals surface area contributed by atoms with Crippen molar-refractivity contribution < 1.29 is 9.90 Å². The quantitative estimate of drug-likeness (QED) is 0.607. The average molecular weight is 404 g/mol. The van der Waals surface area contributed by atoms with Crippen molar-refractivity contribution in [2.45, 2.75) is 38.1 Å². The number of carboxylic acids is 1. The maximum absolute atomic E-state index is 10.9. The zero-order valence-electron chi connectivity index (χ0n) is 16.6. The van der Waals surface area contributed by atoms with E-state index in [0.717, 1.165) is 28.0 Å². The van der Waals surface area contributed by atoms with Crippen molar-refractivity contribution in [2.24, 2.45) is 4.99 Å². The molecule has 1 aliphatic carbocycles. The van der Waals surface area contributed by atoms with E-state index in [1.165, 1.54) is 25.7 Å². The summed E-state index contributed by atoms with van der Waals surface area (Å²) in [5, 5.41) is 21.5. The lowest BCUT2D eigenvalue weighted by atomic mass is 10.2. The first-order chi connectivity index (χ1) is 14.7. The van der Waals surface area contributed by atoms with Gasteiger partial charge in [0.1, 0.15) is 5.84 Å². The SMILES string of the molecule is O=C(O)Cc1ccn(C2=NC(n3ncc4ccc(NC5CCCC5)cc43)=CNC2)c1. The van der Waals surface area contributed by atoms with Gasteiger partial charge in [0, 0.05) is 35.7 Å². The molecule has 3 heterocycles. The molecule has 8 heteroatoms. The highest BCUT2D eigenvalue weighted by atomic mass is 16.4. The van der Waals surface area contributed by atoms with Crippen LogP contribution in [0.4, 0.5) is 5.69 Å². The molecule has 8 nitrogen and oxygen atoms in total. The van der Waals surface area contributed by atoms with Crippen LogP contribution in [0.5, 0.6) is 0 Å². The fourth-order valence-electron chi connectivity index (χ4n) is 4.17. The maximum atomic E-state index is 10.9. The number of rotatable bonds is 5. The molecule has 0 amide bonds. The highest BCUT2D eigenvalue weighted by molar-refractivity contribution is 5.93. The molecule has 1 fully saturated rings. The first-order valence-electron chi connectivity index (χ1n) is 10.3. The molecule has 1 saturated carbocycles. The molecule has 0 bridgehead atoms. The fraction of sp³-hybridized carbons (Fsp3) is 0.318. The van der Waals surface area contributed by atoms with Gasteiger partial charge in [-0.05, 0) is 42.7 Å². The van der Waals surface area contributed by atoms with E-state index in [2.05, 4.69) is 33.9 Å². The number of benzene rings is 1. The minimum absolute atomic E-state index is 0.00301. The van der Waals surface area contributed by atoms with E-state index >= 15 is 0 Å². The van der Waals surface area contributed by atoms with Gasteiger partial charge in [0.05, 0.1) is 24.7 Å². The number of hydrogen-bond donors (Lipinski definition) is 3. The van der Waals surface area contributed by atoms with Crippen LogP contribution in [0.15, 0.2) is 54.0 Å². The Morgan fingerprint density at radius 1 is 1.27 bits per heavy atom. The Morgan fingerprint density at radius 3 is 2.97 bits per heavy atom. The summed E-state index contributed by atoms with van der Waals surface area (Å²) in [6.45, 7) is 0.554. The standard InChI is InChI=1S/C22H24N6O2/c29-22(30)9-15-7-8-27(14-15)20-12-23-13-21(26-20)28-19-10-18(6-5-16(19)11-24-28)25-17-3-1-2-4-17/h5-8,10-11,13-14,17,23,25H,1-4,9,12H2,(H,29,30). The number of carboxylic acid groups (broad SMARTS) is 1. The Bertz CT molecular complexity index is 1150. The summed E-state index contributed by atoms with van der Waals surface area (Å²) >= 11 is 0. The normalized spacial score (nSPS) is 16.9. The van der Waals surface area contributed by atoms with Gasteiger partial charge in [-0.25, -0.2) is 9.67 Å². The van der Waals surface area contributed by atoms with E-state index in [1.807, 2.05) is 34.0 Å². The molecule has 5 rings (SSSR count). The minimum Gasteiger partial charge on any atom is -0.481 e. The number of carbonyl (C=O) groups is 1. The Hall–Kier alpha value is -3.55. The van der Waals surface area contributed by atoms with Gasteiger partial charge in [-0.2, -0.15) is 5.10 Å². The second kappa shape index (κ2) is 7.70. The van der Waals surface area contributed by atoms with Crippen LogP contribution in [-0.2, 0) is 11.2 Å². The summed E-state index contributed by atoms with van der Waals surface area (Å²) in [7, 11) is 0. The summed E-state index contributed by atoms with van der Waals surface area (Å²) in [4.78, 5) is 15.7. The van der Waals surface area contributed by atoms with Gasteiger partial charge in [-0.3, -0.25) is 4.79 Å². The van der Waals surface area contributed by atoms with Crippen molar-refractivity contribution in [3.05, 3.63) is 54.6 Å². The lowest BCUT2D eigenvalue weighted by Gasteiger charge is -2.17. The highest BCUT2D eigenvalue weighted by Crippen LogP contribution is 2.26. The summed E-state index contributed by atoms with van der Waals surface area (Å²) in [5.74, 6) is 0.632. The number of aliphatic imine (C=N–C) groups is 1. The van der Waals surface area contributed by atoms with Crippen molar-refractivity contribution >= 4 is 34.2 Å². The zero-order valence-corrected chi connectivity index (χ0v) is 16.6. The number of hydrogen-bond acceptors (Lipinski definition) is 5. The Morgan fingerprint density at radius 2 is 2.13 bits per heavy atom. The summed E-state index contributed by atoms with van der Waals surface area (Å²) in [6.07, 6.45) is 12.4. The summed E-state index contributed by atoms with van der Waals surface area (Å²) in [5.41, 5.74) is 2.84.